The highest BCUT2D eigenvalue weighted by Gasteiger charge is 2.21. The predicted octanol–water partition coefficient (Wildman–Crippen LogP) is 2.10. The van der Waals surface area contributed by atoms with Gasteiger partial charge in [0.2, 0.25) is 0 Å². The molecule has 1 atom stereocenters. The third-order valence-electron chi connectivity index (χ3n) is 4.63. The van der Waals surface area contributed by atoms with E-state index in [0.29, 0.717) is 12.5 Å². The number of aliphatic imine (C=N–C) groups is 1. The van der Waals surface area contributed by atoms with Gasteiger partial charge in [0.1, 0.15) is 11.5 Å². The molecule has 1 aromatic rings. The largest absolute Gasteiger partial charge is 0.497 e. The monoisotopic (exact) mass is 348 g/mol. The fraction of sp³-hybridized carbons (Fsp3) is 0.632. The normalized spacial score (nSPS) is 18.2. The van der Waals surface area contributed by atoms with Gasteiger partial charge in [-0.1, -0.05) is 6.92 Å². The van der Waals surface area contributed by atoms with Crippen LogP contribution in [0.2, 0.25) is 0 Å². The summed E-state index contributed by atoms with van der Waals surface area (Å²) in [5.41, 5.74) is 1.07. The van der Waals surface area contributed by atoms with Crippen molar-refractivity contribution >= 4 is 5.96 Å². The summed E-state index contributed by atoms with van der Waals surface area (Å²) >= 11 is 0. The van der Waals surface area contributed by atoms with Gasteiger partial charge >= 0.3 is 0 Å². The molecule has 1 heterocycles. The van der Waals surface area contributed by atoms with Crippen LogP contribution < -0.4 is 20.1 Å². The standard InChI is InChI=1S/C19H32N4O2/c1-5-9-23-10-8-15(14-23)12-21-19(20-2)22-13-16-6-7-17(24-3)11-18(16)25-4/h6-7,11,15H,5,8-10,12-14H2,1-4H3,(H2,20,21,22). The number of benzene rings is 1. The van der Waals surface area contributed by atoms with Crippen molar-refractivity contribution in [3.8, 4) is 11.5 Å². The van der Waals surface area contributed by atoms with Crippen LogP contribution in [0.3, 0.4) is 0 Å². The Hall–Kier alpha value is -1.95. The van der Waals surface area contributed by atoms with Crippen molar-refractivity contribution in [2.75, 3.05) is 47.4 Å². The summed E-state index contributed by atoms with van der Waals surface area (Å²) in [5, 5.41) is 6.81. The Morgan fingerprint density at radius 1 is 1.28 bits per heavy atom. The Labute approximate surface area is 151 Å². The zero-order valence-electron chi connectivity index (χ0n) is 16.0. The van der Waals surface area contributed by atoms with Gasteiger partial charge < -0.3 is 25.0 Å². The number of methoxy groups -OCH3 is 2. The Kier molecular flexibility index (Phi) is 7.85. The van der Waals surface area contributed by atoms with E-state index in [4.69, 9.17) is 9.47 Å². The zero-order valence-corrected chi connectivity index (χ0v) is 16.0. The zero-order chi connectivity index (χ0) is 18.1. The lowest BCUT2D eigenvalue weighted by atomic mass is 10.1. The van der Waals surface area contributed by atoms with Crippen molar-refractivity contribution in [3.05, 3.63) is 23.8 Å². The molecule has 2 rings (SSSR count). The van der Waals surface area contributed by atoms with E-state index in [1.807, 2.05) is 18.2 Å². The second kappa shape index (κ2) is 10.1. The van der Waals surface area contributed by atoms with E-state index < -0.39 is 0 Å². The number of ether oxygens (including phenoxy) is 2. The van der Waals surface area contributed by atoms with Crippen LogP contribution >= 0.6 is 0 Å². The predicted molar refractivity (Wildman–Crippen MR) is 103 cm³/mol. The fourth-order valence-electron chi connectivity index (χ4n) is 3.24. The highest BCUT2D eigenvalue weighted by Crippen LogP contribution is 2.24. The molecule has 0 bridgehead atoms. The number of nitrogens with zero attached hydrogens (tertiary/aromatic N) is 2. The quantitative estimate of drug-likeness (QED) is 0.557. The van der Waals surface area contributed by atoms with Crippen LogP contribution in [0.1, 0.15) is 25.3 Å². The van der Waals surface area contributed by atoms with Gasteiger partial charge in [-0.3, -0.25) is 4.99 Å². The number of hydrogen-bond acceptors (Lipinski definition) is 4. The molecular weight excluding hydrogens is 316 g/mol. The summed E-state index contributed by atoms with van der Waals surface area (Å²) in [5.74, 6) is 3.13. The van der Waals surface area contributed by atoms with Crippen molar-refractivity contribution in [3.63, 3.8) is 0 Å². The molecule has 0 radical (unpaired) electrons. The molecule has 0 aliphatic carbocycles. The summed E-state index contributed by atoms with van der Waals surface area (Å²) in [7, 11) is 5.13. The molecule has 1 saturated heterocycles. The van der Waals surface area contributed by atoms with E-state index in [-0.39, 0.29) is 0 Å². The molecule has 0 saturated carbocycles. The molecule has 25 heavy (non-hydrogen) atoms. The number of hydrogen-bond donors (Lipinski definition) is 2. The topological polar surface area (TPSA) is 58.1 Å². The molecule has 1 aromatic carbocycles. The lowest BCUT2D eigenvalue weighted by Gasteiger charge is -2.17. The first-order chi connectivity index (χ1) is 12.2. The van der Waals surface area contributed by atoms with E-state index in [0.717, 1.165) is 29.6 Å². The Morgan fingerprint density at radius 2 is 2.12 bits per heavy atom. The van der Waals surface area contributed by atoms with Crippen LogP contribution in [0.15, 0.2) is 23.2 Å². The van der Waals surface area contributed by atoms with Crippen molar-refractivity contribution < 1.29 is 9.47 Å². The van der Waals surface area contributed by atoms with Crippen LogP contribution in [0.4, 0.5) is 0 Å². The number of rotatable bonds is 8. The Bertz CT molecular complexity index is 562. The summed E-state index contributed by atoms with van der Waals surface area (Å²) < 4.78 is 10.7. The molecular formula is C19H32N4O2. The summed E-state index contributed by atoms with van der Waals surface area (Å²) in [4.78, 5) is 6.87. The molecule has 1 aliphatic heterocycles. The maximum Gasteiger partial charge on any atom is 0.191 e. The van der Waals surface area contributed by atoms with Gasteiger partial charge in [0.15, 0.2) is 5.96 Å². The smallest absolute Gasteiger partial charge is 0.191 e. The minimum Gasteiger partial charge on any atom is -0.497 e. The number of nitrogens with one attached hydrogen (secondary N) is 2. The summed E-state index contributed by atoms with van der Waals surface area (Å²) in [6, 6.07) is 5.85. The van der Waals surface area contributed by atoms with Crippen LogP contribution in [0.5, 0.6) is 11.5 Å². The van der Waals surface area contributed by atoms with E-state index >= 15 is 0 Å². The van der Waals surface area contributed by atoms with Crippen LogP contribution in [-0.2, 0) is 6.54 Å². The molecule has 0 aromatic heterocycles. The van der Waals surface area contributed by atoms with Gasteiger partial charge in [-0.25, -0.2) is 0 Å². The van der Waals surface area contributed by atoms with Crippen LogP contribution in [0, 0.1) is 5.92 Å². The van der Waals surface area contributed by atoms with E-state index in [9.17, 15) is 0 Å². The van der Waals surface area contributed by atoms with Gasteiger partial charge in [-0.05, 0) is 44.0 Å². The minimum atomic E-state index is 0.652. The number of likely N-dealkylation sites (tertiary alicyclic amines) is 1. The van der Waals surface area contributed by atoms with Gasteiger partial charge in [-0.15, -0.1) is 0 Å². The third-order valence-corrected chi connectivity index (χ3v) is 4.63. The van der Waals surface area contributed by atoms with Gasteiger partial charge in [0.25, 0.3) is 0 Å². The second-order valence-corrected chi connectivity index (χ2v) is 6.44. The van der Waals surface area contributed by atoms with Crippen molar-refractivity contribution in [2.45, 2.75) is 26.3 Å². The first kappa shape index (κ1) is 19.4. The lowest BCUT2D eigenvalue weighted by molar-refractivity contribution is 0.324. The summed E-state index contributed by atoms with van der Waals surface area (Å²) in [6.45, 7) is 7.46. The first-order valence-corrected chi connectivity index (χ1v) is 9.07. The van der Waals surface area contributed by atoms with Crippen molar-refractivity contribution in [1.82, 2.24) is 15.5 Å². The molecule has 140 valence electrons. The van der Waals surface area contributed by atoms with Crippen molar-refractivity contribution in [1.29, 1.82) is 0 Å². The maximum absolute atomic E-state index is 5.44. The molecule has 1 unspecified atom stereocenters. The maximum atomic E-state index is 5.44. The number of guanidine groups is 1. The van der Waals surface area contributed by atoms with E-state index in [1.54, 1.807) is 21.3 Å². The molecule has 1 aliphatic rings. The average molecular weight is 348 g/mol. The molecule has 0 amide bonds. The first-order valence-electron chi connectivity index (χ1n) is 9.07. The Morgan fingerprint density at radius 3 is 2.80 bits per heavy atom. The molecule has 6 heteroatoms. The molecule has 2 N–H and O–H groups in total. The highest BCUT2D eigenvalue weighted by atomic mass is 16.5. The van der Waals surface area contributed by atoms with Gasteiger partial charge in [0, 0.05) is 38.3 Å². The van der Waals surface area contributed by atoms with Crippen molar-refractivity contribution in [2.24, 2.45) is 10.9 Å². The van der Waals surface area contributed by atoms with Gasteiger partial charge in [0.05, 0.1) is 14.2 Å². The summed E-state index contributed by atoms with van der Waals surface area (Å²) in [6.07, 6.45) is 2.49. The van der Waals surface area contributed by atoms with Crippen LogP contribution in [-0.4, -0.2) is 58.3 Å². The van der Waals surface area contributed by atoms with E-state index in [1.165, 1.54) is 32.5 Å². The molecule has 1 fully saturated rings. The lowest BCUT2D eigenvalue weighted by Crippen LogP contribution is -2.40. The average Bonchev–Trinajstić information content (AvgIpc) is 3.09. The van der Waals surface area contributed by atoms with E-state index in [2.05, 4.69) is 27.4 Å². The minimum absolute atomic E-state index is 0.652. The third kappa shape index (κ3) is 5.81. The Balaban J connectivity index is 1.81. The van der Waals surface area contributed by atoms with Gasteiger partial charge in [-0.2, -0.15) is 0 Å². The van der Waals surface area contributed by atoms with Crippen LogP contribution in [0.25, 0.3) is 0 Å². The fourth-order valence-corrected chi connectivity index (χ4v) is 3.24. The molecule has 6 nitrogen and oxygen atoms in total. The molecule has 0 spiro atoms. The second-order valence-electron chi connectivity index (χ2n) is 6.44. The SMILES string of the molecule is CCCN1CCC(CNC(=NC)NCc2ccc(OC)cc2OC)C1. The highest BCUT2D eigenvalue weighted by molar-refractivity contribution is 5.79.